The highest BCUT2D eigenvalue weighted by Crippen LogP contribution is 2.39. The van der Waals surface area contributed by atoms with Crippen molar-refractivity contribution in [3.63, 3.8) is 0 Å². The second-order valence-electron chi connectivity index (χ2n) is 9.49. The van der Waals surface area contributed by atoms with Crippen molar-refractivity contribution in [1.82, 2.24) is 14.6 Å². The molecule has 0 amide bonds. The molecule has 9 heteroatoms. The van der Waals surface area contributed by atoms with Gasteiger partial charge in [-0.05, 0) is 62.1 Å². The van der Waals surface area contributed by atoms with Crippen LogP contribution in [0.3, 0.4) is 0 Å². The van der Waals surface area contributed by atoms with E-state index in [9.17, 15) is 13.2 Å². The first-order chi connectivity index (χ1) is 16.8. The van der Waals surface area contributed by atoms with Gasteiger partial charge in [0.05, 0.1) is 36.9 Å². The average molecular weight is 482 g/mol. The zero-order chi connectivity index (χ0) is 24.3. The van der Waals surface area contributed by atoms with Gasteiger partial charge in [-0.1, -0.05) is 12.1 Å². The Balaban J connectivity index is 1.43. The third-order valence-corrected chi connectivity index (χ3v) is 7.37. The van der Waals surface area contributed by atoms with E-state index >= 15 is 0 Å². The molecule has 2 aliphatic rings. The molecule has 4 heterocycles. The Morgan fingerprint density at radius 2 is 1.86 bits per heavy atom. The van der Waals surface area contributed by atoms with Crippen LogP contribution >= 0.6 is 0 Å². The minimum absolute atomic E-state index is 0.221. The normalized spacial score (nSPS) is 21.1. The standard InChI is InChI=1S/C26H26F3N5O/c1-15-20(4-3-5-23(15)26(27,28)29)16(2)31-24-22-12-17(34-18-6-7-19(34)14-35-13-18)8-9-21(22)25-30-10-11-33(25)32-24/h3-5,8-12,16,18-19H,6-7,13-14H2,1-2H3,(H,31,32)/t16-,18-,19+/m1/s1. The number of nitrogens with zero attached hydrogens (tertiary/aromatic N) is 4. The number of hydrogen-bond acceptors (Lipinski definition) is 5. The van der Waals surface area contributed by atoms with E-state index in [0.717, 1.165) is 54.2 Å². The molecular weight excluding hydrogens is 455 g/mol. The first-order valence-corrected chi connectivity index (χ1v) is 11.9. The smallest absolute Gasteiger partial charge is 0.377 e. The molecule has 6 rings (SSSR count). The van der Waals surface area contributed by atoms with Gasteiger partial charge in [0.2, 0.25) is 0 Å². The largest absolute Gasteiger partial charge is 0.416 e. The van der Waals surface area contributed by atoms with Crippen LogP contribution in [0.4, 0.5) is 24.7 Å². The van der Waals surface area contributed by atoms with Crippen LogP contribution in [0.1, 0.15) is 42.5 Å². The quantitative estimate of drug-likeness (QED) is 0.402. The molecule has 1 N–H and O–H groups in total. The predicted octanol–water partition coefficient (Wildman–Crippen LogP) is 5.75. The fraction of sp³-hybridized carbons (Fsp3) is 0.385. The number of alkyl halides is 3. The summed E-state index contributed by atoms with van der Waals surface area (Å²) >= 11 is 0. The van der Waals surface area contributed by atoms with Crippen LogP contribution in [0, 0.1) is 6.92 Å². The number of ether oxygens (including phenoxy) is 1. The Hall–Kier alpha value is -3.33. The number of aromatic nitrogens is 3. The van der Waals surface area contributed by atoms with Crippen molar-refractivity contribution >= 4 is 27.9 Å². The van der Waals surface area contributed by atoms with Gasteiger partial charge < -0.3 is 15.0 Å². The molecular formula is C26H26F3N5O. The van der Waals surface area contributed by atoms with Crippen molar-refractivity contribution in [1.29, 1.82) is 0 Å². The summed E-state index contributed by atoms with van der Waals surface area (Å²) in [6.07, 6.45) is 1.29. The highest BCUT2D eigenvalue weighted by Gasteiger charge is 2.37. The van der Waals surface area contributed by atoms with E-state index in [2.05, 4.69) is 33.4 Å². The second-order valence-corrected chi connectivity index (χ2v) is 9.49. The van der Waals surface area contributed by atoms with Crippen LogP contribution in [0.5, 0.6) is 0 Å². The fourth-order valence-electron chi connectivity index (χ4n) is 5.69. The number of rotatable bonds is 4. The van der Waals surface area contributed by atoms with Crippen LogP contribution in [-0.4, -0.2) is 39.9 Å². The lowest BCUT2D eigenvalue weighted by atomic mass is 9.97. The van der Waals surface area contributed by atoms with E-state index in [1.807, 2.05) is 6.92 Å². The summed E-state index contributed by atoms with van der Waals surface area (Å²) in [5.74, 6) is 0.609. The number of hydrogen-bond donors (Lipinski definition) is 1. The maximum Gasteiger partial charge on any atom is 0.416 e. The summed E-state index contributed by atoms with van der Waals surface area (Å²) in [5, 5.41) is 9.97. The van der Waals surface area contributed by atoms with Crippen LogP contribution in [-0.2, 0) is 10.9 Å². The SMILES string of the molecule is Cc1c([C@@H](C)Nc2nn3ccnc3c3ccc(N4[C@@H]5CC[C@H]4COC5)cc23)cccc1C(F)(F)F. The van der Waals surface area contributed by atoms with Crippen LogP contribution in [0.2, 0.25) is 0 Å². The summed E-state index contributed by atoms with van der Waals surface area (Å²) in [4.78, 5) is 6.92. The summed E-state index contributed by atoms with van der Waals surface area (Å²) in [6, 6.07) is 11.0. The number of morpholine rings is 1. The van der Waals surface area contributed by atoms with Gasteiger partial charge in [-0.3, -0.25) is 0 Å². The number of anilines is 2. The third kappa shape index (κ3) is 3.69. The second kappa shape index (κ2) is 8.12. The summed E-state index contributed by atoms with van der Waals surface area (Å²) < 4.78 is 48.0. The van der Waals surface area contributed by atoms with Crippen LogP contribution in [0.15, 0.2) is 48.8 Å². The molecule has 4 aromatic rings. The van der Waals surface area contributed by atoms with Crippen molar-refractivity contribution in [3.05, 3.63) is 65.5 Å². The molecule has 2 aromatic carbocycles. The predicted molar refractivity (Wildman–Crippen MR) is 129 cm³/mol. The molecule has 0 spiro atoms. The molecule has 0 aliphatic carbocycles. The van der Waals surface area contributed by atoms with E-state index in [0.29, 0.717) is 23.5 Å². The Labute approximate surface area is 200 Å². The molecule has 0 radical (unpaired) electrons. The zero-order valence-electron chi connectivity index (χ0n) is 19.5. The molecule has 2 aliphatic heterocycles. The monoisotopic (exact) mass is 481 g/mol. The van der Waals surface area contributed by atoms with E-state index in [1.165, 1.54) is 13.0 Å². The Morgan fingerprint density at radius 1 is 1.09 bits per heavy atom. The summed E-state index contributed by atoms with van der Waals surface area (Å²) in [6.45, 7) is 4.83. The lowest BCUT2D eigenvalue weighted by Crippen LogP contribution is -2.45. The first-order valence-electron chi connectivity index (χ1n) is 11.9. The fourth-order valence-corrected chi connectivity index (χ4v) is 5.69. The minimum Gasteiger partial charge on any atom is -0.377 e. The summed E-state index contributed by atoms with van der Waals surface area (Å²) in [5.41, 5.74) is 2.04. The van der Waals surface area contributed by atoms with Crippen molar-refractivity contribution in [3.8, 4) is 0 Å². The highest BCUT2D eigenvalue weighted by atomic mass is 19.4. The van der Waals surface area contributed by atoms with Gasteiger partial charge in [0.15, 0.2) is 11.5 Å². The van der Waals surface area contributed by atoms with E-state index in [-0.39, 0.29) is 5.56 Å². The number of benzene rings is 2. The Bertz CT molecular complexity index is 1400. The van der Waals surface area contributed by atoms with E-state index in [1.54, 1.807) is 23.0 Å². The molecule has 35 heavy (non-hydrogen) atoms. The topological polar surface area (TPSA) is 54.7 Å². The number of halogens is 3. The summed E-state index contributed by atoms with van der Waals surface area (Å²) in [7, 11) is 0. The van der Waals surface area contributed by atoms with Crippen molar-refractivity contribution < 1.29 is 17.9 Å². The van der Waals surface area contributed by atoms with Gasteiger partial charge in [-0.2, -0.15) is 13.2 Å². The number of fused-ring (bicyclic) bond motifs is 5. The molecule has 6 nitrogen and oxygen atoms in total. The minimum atomic E-state index is -4.40. The van der Waals surface area contributed by atoms with Gasteiger partial charge in [0.25, 0.3) is 0 Å². The molecule has 2 aromatic heterocycles. The lowest BCUT2D eigenvalue weighted by molar-refractivity contribution is -0.138. The Morgan fingerprint density at radius 3 is 2.60 bits per heavy atom. The van der Waals surface area contributed by atoms with E-state index in [4.69, 9.17) is 9.84 Å². The number of imidazole rings is 1. The molecule has 0 unspecified atom stereocenters. The molecule has 0 saturated carbocycles. The van der Waals surface area contributed by atoms with Crippen molar-refractivity contribution in [2.75, 3.05) is 23.4 Å². The Kier molecular flexibility index (Phi) is 5.14. The highest BCUT2D eigenvalue weighted by molar-refractivity contribution is 6.01. The first kappa shape index (κ1) is 22.2. The number of nitrogens with one attached hydrogen (secondary N) is 1. The van der Waals surface area contributed by atoms with Crippen LogP contribution in [0.25, 0.3) is 16.4 Å². The average Bonchev–Trinajstić information content (AvgIpc) is 3.39. The van der Waals surface area contributed by atoms with Gasteiger partial charge >= 0.3 is 6.18 Å². The molecule has 3 atom stereocenters. The van der Waals surface area contributed by atoms with E-state index < -0.39 is 17.8 Å². The van der Waals surface area contributed by atoms with Crippen molar-refractivity contribution in [2.24, 2.45) is 0 Å². The zero-order valence-corrected chi connectivity index (χ0v) is 19.5. The maximum atomic E-state index is 13.5. The van der Waals surface area contributed by atoms with Gasteiger partial charge in [0, 0.05) is 28.9 Å². The maximum absolute atomic E-state index is 13.5. The van der Waals surface area contributed by atoms with Crippen LogP contribution < -0.4 is 10.2 Å². The third-order valence-electron chi connectivity index (χ3n) is 7.37. The van der Waals surface area contributed by atoms with Gasteiger partial charge in [-0.15, -0.1) is 5.10 Å². The molecule has 2 bridgehead atoms. The van der Waals surface area contributed by atoms with Crippen molar-refractivity contribution in [2.45, 2.75) is 51.0 Å². The molecule has 2 fully saturated rings. The molecule has 2 saturated heterocycles. The van der Waals surface area contributed by atoms with Gasteiger partial charge in [0.1, 0.15) is 0 Å². The van der Waals surface area contributed by atoms with Gasteiger partial charge in [-0.25, -0.2) is 9.50 Å². The lowest BCUT2D eigenvalue weighted by Gasteiger charge is -2.36. The molecule has 182 valence electrons.